The van der Waals surface area contributed by atoms with Gasteiger partial charge in [-0.15, -0.1) is 13.2 Å². The molecule has 3 rings (SSSR count). The third-order valence-corrected chi connectivity index (χ3v) is 5.92. The largest absolute Gasteiger partial charge is 0.573 e. The van der Waals surface area contributed by atoms with Crippen molar-refractivity contribution in [3.05, 3.63) is 78.4 Å². The molecule has 0 aliphatic carbocycles. The molecule has 0 heterocycles. The number of para-hydroxylation sites is 2. The Hall–Kier alpha value is -4.26. The van der Waals surface area contributed by atoms with Crippen molar-refractivity contribution in [2.75, 3.05) is 17.9 Å². The number of nitrogens with one attached hydrogen (secondary N) is 2. The molecule has 1 amide bonds. The standard InChI is InChI=1S/C24H21F3N2O7S/c1-2-34-22(30)15-28-23(31)16-7-13-19(14-8-16)37(32,33)29-20-5-3-4-6-21(20)35-17-9-11-18(12-10-17)36-24(25,26)27/h3-14,29H,2,15H2,1H3,(H,28,31). The highest BCUT2D eigenvalue weighted by Crippen LogP contribution is 2.32. The smallest absolute Gasteiger partial charge is 0.465 e. The number of carbonyl (C=O) groups is 2. The highest BCUT2D eigenvalue weighted by Gasteiger charge is 2.31. The number of halogens is 3. The Morgan fingerprint density at radius 1 is 0.892 bits per heavy atom. The molecule has 37 heavy (non-hydrogen) atoms. The van der Waals surface area contributed by atoms with Gasteiger partial charge in [-0.05, 0) is 67.6 Å². The summed E-state index contributed by atoms with van der Waals surface area (Å²) in [5.74, 6) is -1.40. The van der Waals surface area contributed by atoms with Crippen LogP contribution in [0, 0.1) is 0 Å². The topological polar surface area (TPSA) is 120 Å². The van der Waals surface area contributed by atoms with E-state index in [4.69, 9.17) is 9.47 Å². The van der Waals surface area contributed by atoms with Gasteiger partial charge in [-0.3, -0.25) is 14.3 Å². The van der Waals surface area contributed by atoms with E-state index in [-0.39, 0.29) is 40.8 Å². The van der Waals surface area contributed by atoms with E-state index in [2.05, 4.69) is 14.8 Å². The average molecular weight is 539 g/mol. The Labute approximate surface area is 210 Å². The van der Waals surface area contributed by atoms with E-state index in [1.807, 2.05) is 0 Å². The van der Waals surface area contributed by atoms with Crippen LogP contribution < -0.4 is 19.5 Å². The predicted molar refractivity (Wildman–Crippen MR) is 126 cm³/mol. The van der Waals surface area contributed by atoms with Gasteiger partial charge in [0.05, 0.1) is 17.2 Å². The third-order valence-electron chi connectivity index (χ3n) is 4.54. The Kier molecular flexibility index (Phi) is 8.60. The molecule has 0 bridgehead atoms. The Morgan fingerprint density at radius 2 is 1.51 bits per heavy atom. The lowest BCUT2D eigenvalue weighted by molar-refractivity contribution is -0.274. The van der Waals surface area contributed by atoms with Crippen molar-refractivity contribution in [3.8, 4) is 17.2 Å². The second-order valence-corrected chi connectivity index (χ2v) is 8.92. The van der Waals surface area contributed by atoms with Gasteiger partial charge < -0.3 is 19.5 Å². The SMILES string of the molecule is CCOC(=O)CNC(=O)c1ccc(S(=O)(=O)Nc2ccccc2Oc2ccc(OC(F)(F)F)cc2)cc1. The number of hydrogen-bond donors (Lipinski definition) is 2. The van der Waals surface area contributed by atoms with Gasteiger partial charge in [0.1, 0.15) is 18.0 Å². The molecule has 0 atom stereocenters. The number of ether oxygens (including phenoxy) is 3. The molecular weight excluding hydrogens is 517 g/mol. The number of sulfonamides is 1. The van der Waals surface area contributed by atoms with Crippen LogP contribution in [0.15, 0.2) is 77.7 Å². The molecule has 0 radical (unpaired) electrons. The maximum Gasteiger partial charge on any atom is 0.573 e. The van der Waals surface area contributed by atoms with Gasteiger partial charge in [-0.25, -0.2) is 8.42 Å². The van der Waals surface area contributed by atoms with Crippen molar-refractivity contribution in [1.82, 2.24) is 5.32 Å². The van der Waals surface area contributed by atoms with Gasteiger partial charge in [0.2, 0.25) is 0 Å². The fourth-order valence-corrected chi connectivity index (χ4v) is 4.00. The molecule has 0 fully saturated rings. The van der Waals surface area contributed by atoms with Crippen LogP contribution in [0.3, 0.4) is 0 Å². The van der Waals surface area contributed by atoms with Crippen LogP contribution in [0.5, 0.6) is 17.2 Å². The fourth-order valence-electron chi connectivity index (χ4n) is 2.93. The number of anilines is 1. The minimum absolute atomic E-state index is 0.0642. The third kappa shape index (κ3) is 8.14. The van der Waals surface area contributed by atoms with Gasteiger partial charge in [-0.2, -0.15) is 0 Å². The molecule has 0 aromatic heterocycles. The summed E-state index contributed by atoms with van der Waals surface area (Å²) < 4.78 is 79.4. The van der Waals surface area contributed by atoms with Crippen molar-refractivity contribution in [2.45, 2.75) is 18.2 Å². The quantitative estimate of drug-likeness (QED) is 0.366. The molecule has 9 nitrogen and oxygen atoms in total. The Balaban J connectivity index is 1.70. The highest BCUT2D eigenvalue weighted by molar-refractivity contribution is 7.92. The number of rotatable bonds is 10. The lowest BCUT2D eigenvalue weighted by atomic mass is 10.2. The summed E-state index contributed by atoms with van der Waals surface area (Å²) in [4.78, 5) is 23.4. The maximum absolute atomic E-state index is 12.9. The predicted octanol–water partition coefficient (Wildman–Crippen LogP) is 4.47. The summed E-state index contributed by atoms with van der Waals surface area (Å²) >= 11 is 0. The number of benzene rings is 3. The van der Waals surface area contributed by atoms with E-state index in [0.717, 1.165) is 12.1 Å². The molecule has 0 saturated heterocycles. The molecule has 0 spiro atoms. The second-order valence-electron chi connectivity index (χ2n) is 7.24. The van der Waals surface area contributed by atoms with E-state index in [1.165, 1.54) is 48.5 Å². The first-order chi connectivity index (χ1) is 17.5. The van der Waals surface area contributed by atoms with Crippen molar-refractivity contribution >= 4 is 27.6 Å². The van der Waals surface area contributed by atoms with Gasteiger partial charge in [0.15, 0.2) is 5.75 Å². The van der Waals surface area contributed by atoms with E-state index in [9.17, 15) is 31.2 Å². The zero-order valence-corrected chi connectivity index (χ0v) is 20.1. The number of hydrogen-bond acceptors (Lipinski definition) is 7. The van der Waals surface area contributed by atoms with Crippen LogP contribution in [0.2, 0.25) is 0 Å². The second kappa shape index (κ2) is 11.6. The fraction of sp³-hybridized carbons (Fsp3) is 0.167. The summed E-state index contributed by atoms with van der Waals surface area (Å²) in [5, 5.41) is 2.37. The Morgan fingerprint density at radius 3 is 2.14 bits per heavy atom. The molecule has 0 unspecified atom stereocenters. The first kappa shape index (κ1) is 27.3. The summed E-state index contributed by atoms with van der Waals surface area (Å²) in [5.41, 5.74) is 0.194. The minimum atomic E-state index is -4.84. The van der Waals surface area contributed by atoms with Crippen LogP contribution in [-0.2, 0) is 19.6 Å². The van der Waals surface area contributed by atoms with Crippen LogP contribution in [0.25, 0.3) is 0 Å². The number of alkyl halides is 3. The summed E-state index contributed by atoms with van der Waals surface area (Å²) in [6, 6.07) is 15.6. The average Bonchev–Trinajstić information content (AvgIpc) is 2.84. The molecule has 13 heteroatoms. The zero-order valence-electron chi connectivity index (χ0n) is 19.2. The number of esters is 1. The van der Waals surface area contributed by atoms with Gasteiger partial charge in [0, 0.05) is 5.56 Å². The molecule has 0 saturated carbocycles. The lowest BCUT2D eigenvalue weighted by Gasteiger charge is -2.14. The minimum Gasteiger partial charge on any atom is -0.465 e. The Bertz CT molecular complexity index is 1340. The van der Waals surface area contributed by atoms with Crippen molar-refractivity contribution in [1.29, 1.82) is 0 Å². The first-order valence-corrected chi connectivity index (χ1v) is 12.1. The number of amides is 1. The molecule has 0 aliphatic rings. The van der Waals surface area contributed by atoms with Crippen molar-refractivity contribution in [3.63, 3.8) is 0 Å². The normalized spacial score (nSPS) is 11.4. The van der Waals surface area contributed by atoms with E-state index >= 15 is 0 Å². The van der Waals surface area contributed by atoms with E-state index < -0.39 is 34.0 Å². The van der Waals surface area contributed by atoms with Crippen LogP contribution in [-0.4, -0.2) is 39.8 Å². The molecule has 196 valence electrons. The maximum atomic E-state index is 12.9. The van der Waals surface area contributed by atoms with Gasteiger partial charge >= 0.3 is 12.3 Å². The van der Waals surface area contributed by atoms with Crippen LogP contribution >= 0.6 is 0 Å². The highest BCUT2D eigenvalue weighted by atomic mass is 32.2. The summed E-state index contributed by atoms with van der Waals surface area (Å²) in [7, 11) is -4.11. The van der Waals surface area contributed by atoms with E-state index in [0.29, 0.717) is 0 Å². The molecule has 2 N–H and O–H groups in total. The monoisotopic (exact) mass is 538 g/mol. The molecule has 3 aromatic rings. The zero-order chi connectivity index (χ0) is 27.1. The van der Waals surface area contributed by atoms with Gasteiger partial charge in [-0.1, -0.05) is 12.1 Å². The molecule has 3 aromatic carbocycles. The van der Waals surface area contributed by atoms with Crippen LogP contribution in [0.4, 0.5) is 18.9 Å². The first-order valence-electron chi connectivity index (χ1n) is 10.7. The van der Waals surface area contributed by atoms with Gasteiger partial charge in [0.25, 0.3) is 15.9 Å². The molecular formula is C24H21F3N2O7S. The lowest BCUT2D eigenvalue weighted by Crippen LogP contribution is -2.30. The van der Waals surface area contributed by atoms with Crippen LogP contribution in [0.1, 0.15) is 17.3 Å². The van der Waals surface area contributed by atoms with Crippen molar-refractivity contribution in [2.24, 2.45) is 0 Å². The van der Waals surface area contributed by atoms with Crippen molar-refractivity contribution < 1.29 is 45.4 Å². The number of carbonyl (C=O) groups excluding carboxylic acids is 2. The van der Waals surface area contributed by atoms with E-state index in [1.54, 1.807) is 19.1 Å². The summed E-state index contributed by atoms with van der Waals surface area (Å²) in [6.45, 7) is 1.47. The summed E-state index contributed by atoms with van der Waals surface area (Å²) in [6.07, 6.45) is -4.84. The molecule has 0 aliphatic heterocycles.